The number of aromatic hydroxyl groups is 2. The zero-order chi connectivity index (χ0) is 22.6. The molecule has 0 fully saturated rings. The van der Waals surface area contributed by atoms with Crippen LogP contribution in [0.5, 0.6) is 11.5 Å². The number of phenols is 2. The lowest BCUT2D eigenvalue weighted by atomic mass is 10.1. The van der Waals surface area contributed by atoms with Crippen molar-refractivity contribution in [2.45, 2.75) is 66.7 Å². The molecule has 0 amide bonds. The first-order chi connectivity index (χ1) is 14.0. The van der Waals surface area contributed by atoms with Gasteiger partial charge in [-0.2, -0.15) is 0 Å². The van der Waals surface area contributed by atoms with E-state index in [0.717, 1.165) is 35.3 Å². The zero-order valence-electron chi connectivity index (χ0n) is 18.8. The SMILES string of the molecule is Cc1cc(Cl)cc(CN(CCN(C(C)C)C(C)C)Cc2cc(Cl)cc(C)c2O)c1O. The summed E-state index contributed by atoms with van der Waals surface area (Å²) < 4.78 is 0. The molecule has 166 valence electrons. The summed E-state index contributed by atoms with van der Waals surface area (Å²) in [4.78, 5) is 4.65. The molecule has 0 unspecified atom stereocenters. The molecule has 0 heterocycles. The second-order valence-electron chi connectivity index (χ2n) is 8.60. The van der Waals surface area contributed by atoms with Crippen molar-refractivity contribution in [1.29, 1.82) is 0 Å². The Morgan fingerprint density at radius 2 is 1.13 bits per heavy atom. The fourth-order valence-corrected chi connectivity index (χ4v) is 4.51. The van der Waals surface area contributed by atoms with E-state index in [9.17, 15) is 10.2 Å². The van der Waals surface area contributed by atoms with Crippen LogP contribution in [0.1, 0.15) is 49.9 Å². The number of hydrogen-bond donors (Lipinski definition) is 2. The number of halogens is 2. The zero-order valence-corrected chi connectivity index (χ0v) is 20.3. The highest BCUT2D eigenvalue weighted by atomic mass is 35.5. The number of phenolic OH excluding ortho intramolecular Hbond substituents is 2. The Balaban J connectivity index is 2.33. The lowest BCUT2D eigenvalue weighted by molar-refractivity contribution is 0.136. The monoisotopic (exact) mass is 452 g/mol. The minimum atomic E-state index is 0.264. The molecule has 30 heavy (non-hydrogen) atoms. The molecule has 6 heteroatoms. The summed E-state index contributed by atoms with van der Waals surface area (Å²) in [5.74, 6) is 0.529. The van der Waals surface area contributed by atoms with Gasteiger partial charge < -0.3 is 10.2 Å². The van der Waals surface area contributed by atoms with Crippen LogP contribution in [0.2, 0.25) is 10.0 Å². The largest absolute Gasteiger partial charge is 0.507 e. The molecule has 0 atom stereocenters. The number of benzene rings is 2. The molecule has 0 aliphatic rings. The van der Waals surface area contributed by atoms with E-state index in [-0.39, 0.29) is 11.5 Å². The molecule has 0 spiro atoms. The van der Waals surface area contributed by atoms with Gasteiger partial charge in [-0.05, 0) is 76.9 Å². The number of aryl methyl sites for hydroxylation is 2. The van der Waals surface area contributed by atoms with Crippen LogP contribution in [-0.4, -0.2) is 45.2 Å². The summed E-state index contributed by atoms with van der Waals surface area (Å²) in [5, 5.41) is 22.3. The number of nitrogens with zero attached hydrogens (tertiary/aromatic N) is 2. The van der Waals surface area contributed by atoms with Gasteiger partial charge >= 0.3 is 0 Å². The van der Waals surface area contributed by atoms with E-state index in [1.54, 1.807) is 12.1 Å². The highest BCUT2D eigenvalue weighted by Gasteiger charge is 2.19. The van der Waals surface area contributed by atoms with Crippen LogP contribution in [0, 0.1) is 13.8 Å². The van der Waals surface area contributed by atoms with Crippen molar-refractivity contribution >= 4 is 23.2 Å². The molecule has 2 aromatic carbocycles. The van der Waals surface area contributed by atoms with E-state index in [2.05, 4.69) is 37.5 Å². The maximum atomic E-state index is 10.6. The Bertz CT molecular complexity index is 801. The van der Waals surface area contributed by atoms with Crippen LogP contribution in [0.25, 0.3) is 0 Å². The fourth-order valence-electron chi connectivity index (χ4n) is 3.92. The maximum Gasteiger partial charge on any atom is 0.123 e. The molecule has 0 aliphatic carbocycles. The van der Waals surface area contributed by atoms with Crippen molar-refractivity contribution in [1.82, 2.24) is 9.80 Å². The van der Waals surface area contributed by atoms with Crippen LogP contribution in [0.3, 0.4) is 0 Å². The summed E-state index contributed by atoms with van der Waals surface area (Å²) in [6, 6.07) is 7.99. The summed E-state index contributed by atoms with van der Waals surface area (Å²) in [6.45, 7) is 15.2. The van der Waals surface area contributed by atoms with Crippen LogP contribution in [0.4, 0.5) is 0 Å². The van der Waals surface area contributed by atoms with Crippen molar-refractivity contribution < 1.29 is 10.2 Å². The van der Waals surface area contributed by atoms with E-state index in [4.69, 9.17) is 23.2 Å². The smallest absolute Gasteiger partial charge is 0.123 e. The third-order valence-corrected chi connectivity index (χ3v) is 5.91. The van der Waals surface area contributed by atoms with Crippen molar-refractivity contribution in [2.75, 3.05) is 13.1 Å². The van der Waals surface area contributed by atoms with E-state index < -0.39 is 0 Å². The highest BCUT2D eigenvalue weighted by molar-refractivity contribution is 6.31. The first-order valence-corrected chi connectivity index (χ1v) is 11.2. The molecule has 0 aromatic heterocycles. The summed E-state index contributed by atoms with van der Waals surface area (Å²) in [6.07, 6.45) is 0. The van der Waals surface area contributed by atoms with Gasteiger partial charge in [-0.15, -0.1) is 0 Å². The van der Waals surface area contributed by atoms with Crippen molar-refractivity contribution in [3.05, 3.63) is 56.6 Å². The molecule has 0 aliphatic heterocycles. The van der Waals surface area contributed by atoms with Gasteiger partial charge in [-0.1, -0.05) is 23.2 Å². The number of hydrogen-bond acceptors (Lipinski definition) is 4. The molecule has 0 saturated heterocycles. The van der Waals surface area contributed by atoms with Crippen LogP contribution in [-0.2, 0) is 13.1 Å². The summed E-state index contributed by atoms with van der Waals surface area (Å²) in [7, 11) is 0. The number of rotatable bonds is 9. The summed E-state index contributed by atoms with van der Waals surface area (Å²) >= 11 is 12.5. The average Bonchev–Trinajstić information content (AvgIpc) is 2.62. The van der Waals surface area contributed by atoms with E-state index >= 15 is 0 Å². The Morgan fingerprint density at radius 1 is 0.733 bits per heavy atom. The van der Waals surface area contributed by atoms with Crippen LogP contribution < -0.4 is 0 Å². The molecule has 2 aromatic rings. The van der Waals surface area contributed by atoms with Crippen molar-refractivity contribution in [3.8, 4) is 11.5 Å². The van der Waals surface area contributed by atoms with Gasteiger partial charge in [-0.3, -0.25) is 9.80 Å². The van der Waals surface area contributed by atoms with Gasteiger partial charge in [0.25, 0.3) is 0 Å². The van der Waals surface area contributed by atoms with Gasteiger partial charge in [0, 0.05) is 59.4 Å². The lowest BCUT2D eigenvalue weighted by Gasteiger charge is -2.33. The standard InChI is InChI=1S/C24H34Cl2N2O2/c1-15(2)28(16(3)4)8-7-27(13-19-11-21(25)9-17(5)23(19)29)14-20-12-22(26)10-18(6)24(20)30/h9-12,15-16,29-30H,7-8,13-14H2,1-6H3. The van der Waals surface area contributed by atoms with Gasteiger partial charge in [0.05, 0.1) is 0 Å². The molecule has 2 N–H and O–H groups in total. The second-order valence-corrected chi connectivity index (χ2v) is 9.47. The predicted octanol–water partition coefficient (Wildman–Crippen LogP) is 6.14. The molecular formula is C24H34Cl2N2O2. The molecule has 0 saturated carbocycles. The molecule has 2 rings (SSSR count). The topological polar surface area (TPSA) is 46.9 Å². The normalized spacial score (nSPS) is 12.0. The van der Waals surface area contributed by atoms with Gasteiger partial charge in [0.15, 0.2) is 0 Å². The second kappa shape index (κ2) is 10.7. The molecule has 0 radical (unpaired) electrons. The van der Waals surface area contributed by atoms with E-state index in [0.29, 0.717) is 35.2 Å². The minimum Gasteiger partial charge on any atom is -0.507 e. The van der Waals surface area contributed by atoms with Crippen LogP contribution in [0.15, 0.2) is 24.3 Å². The molecule has 4 nitrogen and oxygen atoms in total. The quantitative estimate of drug-likeness (QED) is 0.479. The third kappa shape index (κ3) is 6.52. The highest BCUT2D eigenvalue weighted by Crippen LogP contribution is 2.31. The Hall–Kier alpha value is -1.46. The van der Waals surface area contributed by atoms with Crippen LogP contribution >= 0.6 is 23.2 Å². The first-order valence-electron chi connectivity index (χ1n) is 10.4. The van der Waals surface area contributed by atoms with Gasteiger partial charge in [0.2, 0.25) is 0 Å². The van der Waals surface area contributed by atoms with Crippen molar-refractivity contribution in [3.63, 3.8) is 0 Å². The van der Waals surface area contributed by atoms with Gasteiger partial charge in [0.1, 0.15) is 11.5 Å². The average molecular weight is 453 g/mol. The predicted molar refractivity (Wildman–Crippen MR) is 127 cm³/mol. The maximum absolute atomic E-state index is 10.6. The lowest BCUT2D eigenvalue weighted by Crippen LogP contribution is -2.42. The van der Waals surface area contributed by atoms with Crippen molar-refractivity contribution in [2.24, 2.45) is 0 Å². The van der Waals surface area contributed by atoms with E-state index in [1.807, 2.05) is 26.0 Å². The minimum absolute atomic E-state index is 0.264. The Morgan fingerprint density at radius 3 is 1.50 bits per heavy atom. The Kier molecular flexibility index (Phi) is 8.86. The Labute approximate surface area is 191 Å². The van der Waals surface area contributed by atoms with Gasteiger partial charge in [-0.25, -0.2) is 0 Å². The molecular weight excluding hydrogens is 419 g/mol. The third-order valence-electron chi connectivity index (χ3n) is 5.48. The molecule has 0 bridgehead atoms. The van der Waals surface area contributed by atoms with E-state index in [1.165, 1.54) is 0 Å². The first kappa shape index (κ1) is 24.8. The summed E-state index contributed by atoms with van der Waals surface area (Å²) in [5.41, 5.74) is 3.06. The fraction of sp³-hybridized carbons (Fsp3) is 0.500.